The minimum atomic E-state index is 0.309. The average Bonchev–Trinajstić information content (AvgIpc) is 2.33. The maximum atomic E-state index is 7.57. The van der Waals surface area contributed by atoms with Gasteiger partial charge in [0.15, 0.2) is 0 Å². The van der Waals surface area contributed by atoms with Crippen LogP contribution in [0.15, 0.2) is 12.2 Å². The van der Waals surface area contributed by atoms with Crippen molar-refractivity contribution in [1.29, 1.82) is 10.8 Å². The van der Waals surface area contributed by atoms with Gasteiger partial charge in [-0.15, -0.1) is 0 Å². The third-order valence-corrected chi connectivity index (χ3v) is 2.87. The first-order chi connectivity index (χ1) is 8.18. The van der Waals surface area contributed by atoms with Gasteiger partial charge >= 0.3 is 0 Å². The van der Waals surface area contributed by atoms with Crippen LogP contribution < -0.4 is 5.32 Å². The molecule has 0 atom stereocenters. The van der Waals surface area contributed by atoms with E-state index in [1.54, 1.807) is 19.1 Å². The molecule has 0 saturated heterocycles. The Morgan fingerprint density at radius 1 is 1.24 bits per heavy atom. The highest BCUT2D eigenvalue weighted by Gasteiger charge is 2.11. The summed E-state index contributed by atoms with van der Waals surface area (Å²) in [5.41, 5.74) is 0.858. The Morgan fingerprint density at radius 2 is 1.94 bits per heavy atom. The molecule has 0 aliphatic heterocycles. The molecule has 0 aromatic carbocycles. The van der Waals surface area contributed by atoms with Gasteiger partial charge in [-0.05, 0) is 31.9 Å². The largest absolute Gasteiger partial charge is 0.360 e. The molecule has 1 aliphatic rings. The Bertz CT molecular complexity index is 280. The molecule has 0 radical (unpaired) electrons. The lowest BCUT2D eigenvalue weighted by atomic mass is 9.96. The van der Waals surface area contributed by atoms with Crippen molar-refractivity contribution >= 4 is 11.4 Å². The third kappa shape index (κ3) is 7.02. The van der Waals surface area contributed by atoms with E-state index in [4.69, 9.17) is 15.6 Å². The molecule has 1 fully saturated rings. The fourth-order valence-corrected chi connectivity index (χ4v) is 1.92. The van der Waals surface area contributed by atoms with E-state index in [0.29, 0.717) is 30.8 Å². The maximum absolute atomic E-state index is 7.57. The third-order valence-electron chi connectivity index (χ3n) is 2.87. The van der Waals surface area contributed by atoms with E-state index in [0.717, 1.165) is 0 Å². The molecule has 3 N–H and O–H groups in total. The summed E-state index contributed by atoms with van der Waals surface area (Å²) in [6.45, 7) is 2.52. The summed E-state index contributed by atoms with van der Waals surface area (Å²) in [6.07, 6.45) is 9.70. The van der Waals surface area contributed by atoms with E-state index >= 15 is 0 Å². The van der Waals surface area contributed by atoms with Crippen molar-refractivity contribution in [3.05, 3.63) is 12.2 Å². The minimum absolute atomic E-state index is 0.309. The normalized spacial score (nSPS) is 17.5. The molecule has 0 heterocycles. The molecule has 1 rings (SSSR count). The molecule has 0 aromatic heterocycles. The van der Waals surface area contributed by atoms with Gasteiger partial charge in [-0.2, -0.15) is 0 Å². The van der Waals surface area contributed by atoms with Crippen molar-refractivity contribution in [2.75, 3.05) is 13.3 Å². The standard InChI is InChI=1S/C13H23N3O/c1-11(14)7-8-12(15)9-17-10-16-13-5-3-2-4-6-13/h7-8,13-16H,2-6,9-10H2,1H3/b8-7-,14-11?,15-12?. The van der Waals surface area contributed by atoms with E-state index in [1.807, 2.05) is 0 Å². The number of hydrogen-bond acceptors (Lipinski definition) is 4. The van der Waals surface area contributed by atoms with Gasteiger partial charge in [0.2, 0.25) is 0 Å². The Morgan fingerprint density at radius 3 is 2.59 bits per heavy atom. The second-order valence-electron chi connectivity index (χ2n) is 4.57. The number of nitrogens with one attached hydrogen (secondary N) is 3. The van der Waals surface area contributed by atoms with Crippen LogP contribution in [0, 0.1) is 10.8 Å². The van der Waals surface area contributed by atoms with Crippen molar-refractivity contribution < 1.29 is 4.74 Å². The van der Waals surface area contributed by atoms with Gasteiger partial charge in [0, 0.05) is 11.8 Å². The number of hydrogen-bond donors (Lipinski definition) is 3. The number of allylic oxidation sites excluding steroid dienone is 1. The molecule has 0 spiro atoms. The lowest BCUT2D eigenvalue weighted by Gasteiger charge is -2.22. The highest BCUT2D eigenvalue weighted by atomic mass is 16.5. The zero-order valence-corrected chi connectivity index (χ0v) is 10.6. The van der Waals surface area contributed by atoms with Crippen LogP contribution in [0.3, 0.4) is 0 Å². The minimum Gasteiger partial charge on any atom is -0.360 e. The first-order valence-corrected chi connectivity index (χ1v) is 6.30. The quantitative estimate of drug-likeness (QED) is 0.362. The summed E-state index contributed by atoms with van der Waals surface area (Å²) >= 11 is 0. The number of ether oxygens (including phenoxy) is 1. The fourth-order valence-electron chi connectivity index (χ4n) is 1.92. The lowest BCUT2D eigenvalue weighted by Crippen LogP contribution is -2.33. The fraction of sp³-hybridized carbons (Fsp3) is 0.692. The van der Waals surface area contributed by atoms with Crippen LogP contribution >= 0.6 is 0 Å². The topological polar surface area (TPSA) is 69.0 Å². The van der Waals surface area contributed by atoms with Crippen LogP contribution in [0.5, 0.6) is 0 Å². The zero-order chi connectivity index (χ0) is 12.5. The molecule has 0 aromatic rings. The molecular weight excluding hydrogens is 214 g/mol. The second-order valence-corrected chi connectivity index (χ2v) is 4.57. The van der Waals surface area contributed by atoms with Gasteiger partial charge in [0.25, 0.3) is 0 Å². The molecule has 17 heavy (non-hydrogen) atoms. The van der Waals surface area contributed by atoms with E-state index in [-0.39, 0.29) is 0 Å². The molecular formula is C13H23N3O. The summed E-state index contributed by atoms with van der Waals surface area (Å²) < 4.78 is 5.37. The van der Waals surface area contributed by atoms with E-state index < -0.39 is 0 Å². The summed E-state index contributed by atoms with van der Waals surface area (Å²) in [5, 5.41) is 18.1. The molecule has 0 bridgehead atoms. The van der Waals surface area contributed by atoms with Crippen LogP contribution in [0.2, 0.25) is 0 Å². The molecule has 0 amide bonds. The number of rotatable bonds is 7. The van der Waals surface area contributed by atoms with Crippen LogP contribution in [0.4, 0.5) is 0 Å². The van der Waals surface area contributed by atoms with Crippen molar-refractivity contribution in [1.82, 2.24) is 5.32 Å². The molecule has 96 valence electrons. The van der Waals surface area contributed by atoms with Gasteiger partial charge < -0.3 is 15.6 Å². The highest BCUT2D eigenvalue weighted by molar-refractivity contribution is 6.00. The molecule has 4 heteroatoms. The maximum Gasteiger partial charge on any atom is 0.0972 e. The van der Waals surface area contributed by atoms with Crippen molar-refractivity contribution in [3.63, 3.8) is 0 Å². The van der Waals surface area contributed by atoms with E-state index in [9.17, 15) is 0 Å². The summed E-state index contributed by atoms with van der Waals surface area (Å²) in [7, 11) is 0. The van der Waals surface area contributed by atoms with Crippen LogP contribution in [-0.4, -0.2) is 30.8 Å². The summed E-state index contributed by atoms with van der Waals surface area (Å²) in [4.78, 5) is 0. The molecule has 1 aliphatic carbocycles. The predicted molar refractivity (Wildman–Crippen MR) is 71.1 cm³/mol. The van der Waals surface area contributed by atoms with Gasteiger partial charge in [-0.1, -0.05) is 19.3 Å². The first kappa shape index (κ1) is 14.1. The zero-order valence-electron chi connectivity index (χ0n) is 10.6. The van der Waals surface area contributed by atoms with Gasteiger partial charge in [-0.3, -0.25) is 5.32 Å². The van der Waals surface area contributed by atoms with Crippen LogP contribution in [0.25, 0.3) is 0 Å². The van der Waals surface area contributed by atoms with Crippen molar-refractivity contribution in [2.24, 2.45) is 0 Å². The summed E-state index contributed by atoms with van der Waals surface area (Å²) in [5.74, 6) is 0. The van der Waals surface area contributed by atoms with Gasteiger partial charge in [0.1, 0.15) is 0 Å². The molecule has 1 saturated carbocycles. The van der Waals surface area contributed by atoms with Crippen molar-refractivity contribution in [3.8, 4) is 0 Å². The second kappa shape index (κ2) is 8.14. The van der Waals surface area contributed by atoms with E-state index in [1.165, 1.54) is 32.1 Å². The highest BCUT2D eigenvalue weighted by Crippen LogP contribution is 2.16. The van der Waals surface area contributed by atoms with Gasteiger partial charge in [0.05, 0.1) is 19.0 Å². The van der Waals surface area contributed by atoms with E-state index in [2.05, 4.69) is 5.32 Å². The Kier molecular flexibility index (Phi) is 6.74. The first-order valence-electron chi connectivity index (χ1n) is 6.30. The lowest BCUT2D eigenvalue weighted by molar-refractivity contribution is 0.133. The average molecular weight is 237 g/mol. The Hall–Kier alpha value is -1.00. The SMILES string of the molecule is CC(=N)/C=C\C(=N)COCNC1CCCCC1. The van der Waals surface area contributed by atoms with Crippen LogP contribution in [-0.2, 0) is 4.74 Å². The van der Waals surface area contributed by atoms with Crippen LogP contribution in [0.1, 0.15) is 39.0 Å². The van der Waals surface area contributed by atoms with Gasteiger partial charge in [-0.25, -0.2) is 0 Å². The Labute approximate surface area is 103 Å². The Balaban J connectivity index is 2.03. The smallest absolute Gasteiger partial charge is 0.0972 e. The molecule has 0 unspecified atom stereocenters. The monoisotopic (exact) mass is 237 g/mol. The summed E-state index contributed by atoms with van der Waals surface area (Å²) in [6, 6.07) is 0.595. The van der Waals surface area contributed by atoms with Crippen molar-refractivity contribution in [2.45, 2.75) is 45.1 Å². The molecule has 4 nitrogen and oxygen atoms in total. The predicted octanol–water partition coefficient (Wildman–Crippen LogP) is 2.50.